The molecule has 3 aromatic rings. The van der Waals surface area contributed by atoms with Gasteiger partial charge in [-0.05, 0) is 44.4 Å². The summed E-state index contributed by atoms with van der Waals surface area (Å²) in [6.07, 6.45) is 3.43. The molecule has 3 heterocycles. The number of furan rings is 1. The Kier molecular flexibility index (Phi) is 4.39. The quantitative estimate of drug-likeness (QED) is 0.639. The molecule has 1 atom stereocenters. The Balaban J connectivity index is 1.46. The standard InChI is InChI=1S/C22H25N5O3/c1-13-17(18-19(26-22(2)7-8-22)24-12-25-20(18)30-13)21(28)27-9-10-29-16(11-27)14-3-5-15(23)6-4-14/h3-6,12,16H,7-11,23H2,1-2H3,(H,24,25,26). The topological polar surface area (TPSA) is 107 Å². The predicted molar refractivity (Wildman–Crippen MR) is 113 cm³/mol. The van der Waals surface area contributed by atoms with Crippen molar-refractivity contribution < 1.29 is 13.9 Å². The molecule has 30 heavy (non-hydrogen) atoms. The van der Waals surface area contributed by atoms with Crippen molar-refractivity contribution in [3.63, 3.8) is 0 Å². The van der Waals surface area contributed by atoms with Gasteiger partial charge in [-0.15, -0.1) is 0 Å². The van der Waals surface area contributed by atoms with E-state index in [1.807, 2.05) is 29.2 Å². The molecule has 8 nitrogen and oxygen atoms in total. The molecular weight excluding hydrogens is 382 g/mol. The van der Waals surface area contributed by atoms with Crippen LogP contribution in [0.2, 0.25) is 0 Å². The van der Waals surface area contributed by atoms with Gasteiger partial charge in [0.25, 0.3) is 5.91 Å². The minimum absolute atomic E-state index is 0.0198. The first-order chi connectivity index (χ1) is 14.4. The minimum atomic E-state index is -0.194. The fraction of sp³-hybridized carbons (Fsp3) is 0.409. The van der Waals surface area contributed by atoms with Gasteiger partial charge >= 0.3 is 0 Å². The number of ether oxygens (including phenoxy) is 1. The molecule has 1 saturated heterocycles. The largest absolute Gasteiger partial charge is 0.442 e. The van der Waals surface area contributed by atoms with Crippen molar-refractivity contribution in [1.29, 1.82) is 0 Å². The lowest BCUT2D eigenvalue weighted by atomic mass is 10.1. The minimum Gasteiger partial charge on any atom is -0.442 e. The zero-order valence-electron chi connectivity index (χ0n) is 17.1. The highest BCUT2D eigenvalue weighted by Gasteiger charge is 2.39. The Hall–Kier alpha value is -3.13. The summed E-state index contributed by atoms with van der Waals surface area (Å²) in [5.74, 6) is 1.12. The summed E-state index contributed by atoms with van der Waals surface area (Å²) in [4.78, 5) is 24.0. The molecule has 2 aromatic heterocycles. The lowest BCUT2D eigenvalue weighted by molar-refractivity contribution is -0.0228. The third-order valence-electron chi connectivity index (χ3n) is 5.96. The Morgan fingerprint density at radius 2 is 2.03 bits per heavy atom. The fourth-order valence-electron chi connectivity index (χ4n) is 3.90. The Labute approximate surface area is 174 Å². The van der Waals surface area contributed by atoms with Crippen LogP contribution in [0.25, 0.3) is 11.1 Å². The molecule has 1 aromatic carbocycles. The molecular formula is C22H25N5O3. The third-order valence-corrected chi connectivity index (χ3v) is 5.96. The molecule has 156 valence electrons. The van der Waals surface area contributed by atoms with E-state index in [9.17, 15) is 4.79 Å². The van der Waals surface area contributed by atoms with Crippen LogP contribution in [-0.4, -0.2) is 46.0 Å². The van der Waals surface area contributed by atoms with Gasteiger partial charge in [0, 0.05) is 17.8 Å². The van der Waals surface area contributed by atoms with Gasteiger partial charge in [-0.25, -0.2) is 9.97 Å². The number of fused-ring (bicyclic) bond motifs is 1. The average Bonchev–Trinajstić information content (AvgIpc) is 3.36. The molecule has 0 bridgehead atoms. The van der Waals surface area contributed by atoms with Crippen LogP contribution < -0.4 is 11.1 Å². The van der Waals surface area contributed by atoms with Crippen LogP contribution in [-0.2, 0) is 4.74 Å². The van der Waals surface area contributed by atoms with Crippen LogP contribution in [0.15, 0.2) is 35.0 Å². The Morgan fingerprint density at radius 1 is 1.27 bits per heavy atom. The van der Waals surface area contributed by atoms with Gasteiger partial charge in [0.2, 0.25) is 5.71 Å². The second-order valence-electron chi connectivity index (χ2n) is 8.40. The average molecular weight is 407 g/mol. The number of rotatable bonds is 4. The van der Waals surface area contributed by atoms with Crippen LogP contribution in [0, 0.1) is 6.92 Å². The van der Waals surface area contributed by atoms with Gasteiger partial charge in [-0.3, -0.25) is 4.79 Å². The van der Waals surface area contributed by atoms with E-state index < -0.39 is 0 Å². The monoisotopic (exact) mass is 407 g/mol. The third kappa shape index (κ3) is 3.37. The zero-order chi connectivity index (χ0) is 20.9. The number of nitrogens with two attached hydrogens (primary N) is 1. The maximum absolute atomic E-state index is 13.6. The highest BCUT2D eigenvalue weighted by Crippen LogP contribution is 2.40. The van der Waals surface area contributed by atoms with Gasteiger partial charge in [-0.2, -0.15) is 0 Å². The Morgan fingerprint density at radius 3 is 2.77 bits per heavy atom. The summed E-state index contributed by atoms with van der Waals surface area (Å²) in [7, 11) is 0. The number of anilines is 2. The molecule has 0 spiro atoms. The molecule has 1 unspecified atom stereocenters. The van der Waals surface area contributed by atoms with Crippen LogP contribution in [0.3, 0.4) is 0 Å². The predicted octanol–water partition coefficient (Wildman–Crippen LogP) is 3.29. The van der Waals surface area contributed by atoms with E-state index in [0.717, 1.165) is 18.4 Å². The summed E-state index contributed by atoms with van der Waals surface area (Å²) < 4.78 is 11.7. The van der Waals surface area contributed by atoms with E-state index >= 15 is 0 Å². The summed E-state index contributed by atoms with van der Waals surface area (Å²) in [5.41, 5.74) is 8.47. The molecule has 8 heteroatoms. The number of carbonyl (C=O) groups excluding carboxylic acids is 1. The smallest absolute Gasteiger partial charge is 0.258 e. The van der Waals surface area contributed by atoms with E-state index in [4.69, 9.17) is 14.9 Å². The summed E-state index contributed by atoms with van der Waals surface area (Å²) >= 11 is 0. The lowest BCUT2D eigenvalue weighted by Gasteiger charge is -2.33. The van der Waals surface area contributed by atoms with E-state index in [1.54, 1.807) is 6.92 Å². The highest BCUT2D eigenvalue weighted by atomic mass is 16.5. The van der Waals surface area contributed by atoms with E-state index in [2.05, 4.69) is 22.2 Å². The normalized spacial score (nSPS) is 20.3. The second-order valence-corrected chi connectivity index (χ2v) is 8.40. The summed E-state index contributed by atoms with van der Waals surface area (Å²) in [6.45, 7) is 5.40. The molecule has 2 fully saturated rings. The van der Waals surface area contributed by atoms with Crippen LogP contribution in [0.5, 0.6) is 0 Å². The summed E-state index contributed by atoms with van der Waals surface area (Å²) in [5, 5.41) is 4.12. The number of hydrogen-bond acceptors (Lipinski definition) is 7. The van der Waals surface area contributed by atoms with Crippen LogP contribution in [0.1, 0.15) is 47.6 Å². The number of aryl methyl sites for hydroxylation is 1. The van der Waals surface area contributed by atoms with Crippen molar-refractivity contribution in [2.45, 2.75) is 38.3 Å². The number of hydrogen-bond donors (Lipinski definition) is 2. The molecule has 5 rings (SSSR count). The SMILES string of the molecule is Cc1oc2ncnc(NC3(C)CC3)c2c1C(=O)N1CCOC(c2ccc(N)cc2)C1. The first-order valence-electron chi connectivity index (χ1n) is 10.2. The molecule has 1 saturated carbocycles. The van der Waals surface area contributed by atoms with Crippen molar-refractivity contribution in [2.75, 3.05) is 30.7 Å². The van der Waals surface area contributed by atoms with Crippen molar-refractivity contribution >= 4 is 28.5 Å². The molecule has 3 N–H and O–H groups in total. The summed E-state index contributed by atoms with van der Waals surface area (Å²) in [6, 6.07) is 7.58. The zero-order valence-corrected chi connectivity index (χ0v) is 17.1. The molecule has 0 radical (unpaired) electrons. The highest BCUT2D eigenvalue weighted by molar-refractivity contribution is 6.10. The lowest BCUT2D eigenvalue weighted by Crippen LogP contribution is -2.42. The van der Waals surface area contributed by atoms with Crippen molar-refractivity contribution in [3.8, 4) is 0 Å². The van der Waals surface area contributed by atoms with Crippen molar-refractivity contribution in [2.24, 2.45) is 0 Å². The van der Waals surface area contributed by atoms with Crippen molar-refractivity contribution in [1.82, 2.24) is 14.9 Å². The first-order valence-corrected chi connectivity index (χ1v) is 10.2. The Bertz CT molecular complexity index is 1100. The maximum atomic E-state index is 13.6. The van der Waals surface area contributed by atoms with E-state index in [1.165, 1.54) is 6.33 Å². The van der Waals surface area contributed by atoms with Crippen LogP contribution >= 0.6 is 0 Å². The number of nitrogens with zero attached hydrogens (tertiary/aromatic N) is 3. The number of amides is 1. The number of carbonyl (C=O) groups is 1. The van der Waals surface area contributed by atoms with Gasteiger partial charge in [0.05, 0.1) is 24.1 Å². The molecule has 1 aliphatic heterocycles. The van der Waals surface area contributed by atoms with Gasteiger partial charge in [0.1, 0.15) is 24.0 Å². The fourth-order valence-corrected chi connectivity index (χ4v) is 3.90. The van der Waals surface area contributed by atoms with Crippen molar-refractivity contribution in [3.05, 3.63) is 47.5 Å². The number of benzene rings is 1. The maximum Gasteiger partial charge on any atom is 0.258 e. The van der Waals surface area contributed by atoms with Crippen LogP contribution in [0.4, 0.5) is 11.5 Å². The molecule has 1 amide bonds. The number of nitrogens with one attached hydrogen (secondary N) is 1. The second kappa shape index (κ2) is 6.98. The van der Waals surface area contributed by atoms with Gasteiger partial charge in [0.15, 0.2) is 0 Å². The van der Waals surface area contributed by atoms with Gasteiger partial charge in [-0.1, -0.05) is 12.1 Å². The van der Waals surface area contributed by atoms with E-state index in [-0.39, 0.29) is 17.6 Å². The van der Waals surface area contributed by atoms with E-state index in [0.29, 0.717) is 53.6 Å². The van der Waals surface area contributed by atoms with Gasteiger partial charge < -0.3 is 25.1 Å². The number of morpholine rings is 1. The molecule has 2 aliphatic rings. The first kappa shape index (κ1) is 18.9. The molecule has 1 aliphatic carbocycles. The number of nitrogen functional groups attached to an aromatic ring is 1. The number of aromatic nitrogens is 2.